The lowest BCUT2D eigenvalue weighted by Gasteiger charge is -2.15. The normalized spacial score (nSPS) is 11.4. The third-order valence-electron chi connectivity index (χ3n) is 3.53. The van der Waals surface area contributed by atoms with Crippen LogP contribution < -0.4 is 24.2 Å². The van der Waals surface area contributed by atoms with Crippen molar-refractivity contribution in [3.8, 4) is 17.2 Å². The minimum absolute atomic E-state index is 0.106. The molecule has 140 valence electrons. The first-order valence-corrected chi connectivity index (χ1v) is 9.05. The lowest BCUT2D eigenvalue weighted by molar-refractivity contribution is -0.115. The van der Waals surface area contributed by atoms with E-state index >= 15 is 0 Å². The molecule has 1 atom stereocenters. The zero-order valence-electron chi connectivity index (χ0n) is 15.1. The molecule has 0 aromatic heterocycles. The Bertz CT molecular complexity index is 785. The number of hydrogen-bond acceptors (Lipinski definition) is 5. The number of rotatable bonds is 8. The van der Waals surface area contributed by atoms with E-state index in [2.05, 4.69) is 10.0 Å². The van der Waals surface area contributed by atoms with Crippen molar-refractivity contribution in [1.82, 2.24) is 0 Å². The van der Waals surface area contributed by atoms with Crippen LogP contribution in [0.3, 0.4) is 0 Å². The molecule has 0 fully saturated rings. The molecule has 0 aliphatic rings. The van der Waals surface area contributed by atoms with Crippen molar-refractivity contribution in [2.45, 2.75) is 18.2 Å². The Morgan fingerprint density at radius 1 is 1.00 bits per heavy atom. The van der Waals surface area contributed by atoms with Gasteiger partial charge in [-0.3, -0.25) is 4.79 Å². The van der Waals surface area contributed by atoms with Gasteiger partial charge in [0.1, 0.15) is 11.0 Å². The first-order valence-electron chi connectivity index (χ1n) is 7.90. The van der Waals surface area contributed by atoms with Gasteiger partial charge in [0, 0.05) is 24.2 Å². The summed E-state index contributed by atoms with van der Waals surface area (Å²) in [5.41, 5.74) is 1.13. The van der Waals surface area contributed by atoms with Gasteiger partial charge in [0.15, 0.2) is 11.5 Å². The van der Waals surface area contributed by atoms with Crippen LogP contribution in [0.25, 0.3) is 0 Å². The summed E-state index contributed by atoms with van der Waals surface area (Å²) in [6, 6.07) is 10.2. The number of ether oxygens (including phenoxy) is 3. The predicted octanol–water partition coefficient (Wildman–Crippen LogP) is 3.20. The minimum atomic E-state index is -1.54. The second-order valence-electron chi connectivity index (χ2n) is 5.21. The first-order chi connectivity index (χ1) is 12.5. The fourth-order valence-corrected chi connectivity index (χ4v) is 3.13. The Balaban J connectivity index is 2.24. The van der Waals surface area contributed by atoms with Gasteiger partial charge in [0.2, 0.25) is 11.7 Å². The van der Waals surface area contributed by atoms with Crippen molar-refractivity contribution in [3.05, 3.63) is 36.4 Å². The van der Waals surface area contributed by atoms with Crippen LogP contribution in [0.4, 0.5) is 11.4 Å². The van der Waals surface area contributed by atoms with Crippen LogP contribution >= 0.6 is 0 Å². The summed E-state index contributed by atoms with van der Waals surface area (Å²) in [4.78, 5) is 12.0. The standard InChI is InChI=1S/C18H22N2O5S/c1-5-17(21)19-12-7-6-8-14(9-12)26(22)20-13-10-15(23-2)18(25-4)16(11-13)24-3/h6-11,20H,5H2,1-4H3,(H,19,21). The topological polar surface area (TPSA) is 85.9 Å². The van der Waals surface area contributed by atoms with Crippen LogP contribution in [0.15, 0.2) is 41.3 Å². The zero-order chi connectivity index (χ0) is 19.1. The van der Waals surface area contributed by atoms with Gasteiger partial charge < -0.3 is 24.2 Å². The molecule has 1 unspecified atom stereocenters. The van der Waals surface area contributed by atoms with Crippen molar-refractivity contribution in [1.29, 1.82) is 0 Å². The number of carbonyl (C=O) groups excluding carboxylic acids is 1. The lowest BCUT2D eigenvalue weighted by atomic mass is 10.2. The van der Waals surface area contributed by atoms with E-state index < -0.39 is 11.0 Å². The molecule has 0 spiro atoms. The summed E-state index contributed by atoms with van der Waals surface area (Å²) in [6.07, 6.45) is 0.372. The number of amides is 1. The van der Waals surface area contributed by atoms with Crippen LogP contribution in [0, 0.1) is 0 Å². The highest BCUT2D eigenvalue weighted by atomic mass is 32.2. The SMILES string of the molecule is CCC(=O)Nc1cccc(S(=O)Nc2cc(OC)c(OC)c(OC)c2)c1. The van der Waals surface area contributed by atoms with Gasteiger partial charge in [-0.1, -0.05) is 13.0 Å². The van der Waals surface area contributed by atoms with Crippen LogP contribution in [0.5, 0.6) is 17.2 Å². The molecule has 0 saturated carbocycles. The van der Waals surface area contributed by atoms with Crippen LogP contribution in [0.2, 0.25) is 0 Å². The third-order valence-corrected chi connectivity index (χ3v) is 4.63. The van der Waals surface area contributed by atoms with Gasteiger partial charge in [-0.25, -0.2) is 4.21 Å². The Labute approximate surface area is 155 Å². The zero-order valence-corrected chi connectivity index (χ0v) is 15.9. The number of carbonyl (C=O) groups is 1. The predicted molar refractivity (Wildman–Crippen MR) is 101 cm³/mol. The molecule has 0 radical (unpaired) electrons. The summed E-state index contributed by atoms with van der Waals surface area (Å²) in [5.74, 6) is 1.26. The van der Waals surface area contributed by atoms with E-state index in [1.165, 1.54) is 21.3 Å². The summed E-state index contributed by atoms with van der Waals surface area (Å²) < 4.78 is 31.4. The van der Waals surface area contributed by atoms with E-state index in [1.54, 1.807) is 43.3 Å². The Morgan fingerprint density at radius 3 is 2.19 bits per heavy atom. The van der Waals surface area contributed by atoms with Crippen molar-refractivity contribution in [3.63, 3.8) is 0 Å². The molecule has 26 heavy (non-hydrogen) atoms. The maximum absolute atomic E-state index is 12.6. The molecule has 0 bridgehead atoms. The Hall–Kier alpha value is -2.74. The van der Waals surface area contributed by atoms with Crippen LogP contribution in [-0.4, -0.2) is 31.4 Å². The molecular weight excluding hydrogens is 356 g/mol. The minimum Gasteiger partial charge on any atom is -0.493 e. The molecule has 0 saturated heterocycles. The van der Waals surface area contributed by atoms with Crippen molar-refractivity contribution in [2.75, 3.05) is 31.4 Å². The molecule has 2 N–H and O–H groups in total. The highest BCUT2D eigenvalue weighted by molar-refractivity contribution is 7.86. The molecule has 0 heterocycles. The average molecular weight is 378 g/mol. The van der Waals surface area contributed by atoms with Crippen molar-refractivity contribution in [2.24, 2.45) is 0 Å². The summed E-state index contributed by atoms with van der Waals surface area (Å²) >= 11 is 0. The van der Waals surface area contributed by atoms with Crippen LogP contribution in [0.1, 0.15) is 13.3 Å². The number of anilines is 2. The van der Waals surface area contributed by atoms with Gasteiger partial charge in [-0.2, -0.15) is 0 Å². The summed E-state index contributed by atoms with van der Waals surface area (Å²) in [5, 5.41) is 2.74. The van der Waals surface area contributed by atoms with Gasteiger partial charge in [-0.05, 0) is 18.2 Å². The van der Waals surface area contributed by atoms with Crippen molar-refractivity contribution < 1.29 is 23.2 Å². The van der Waals surface area contributed by atoms with E-state index in [1.807, 2.05) is 0 Å². The number of hydrogen-bond donors (Lipinski definition) is 2. The fourth-order valence-electron chi connectivity index (χ4n) is 2.24. The quantitative estimate of drug-likeness (QED) is 0.737. The smallest absolute Gasteiger partial charge is 0.224 e. The lowest BCUT2D eigenvalue weighted by Crippen LogP contribution is -2.10. The molecule has 7 nitrogen and oxygen atoms in total. The number of methoxy groups -OCH3 is 3. The van der Waals surface area contributed by atoms with E-state index in [0.29, 0.717) is 39.9 Å². The van der Waals surface area contributed by atoms with Gasteiger partial charge in [-0.15, -0.1) is 0 Å². The maximum Gasteiger partial charge on any atom is 0.224 e. The van der Waals surface area contributed by atoms with Gasteiger partial charge >= 0.3 is 0 Å². The summed E-state index contributed by atoms with van der Waals surface area (Å²) in [6.45, 7) is 1.77. The molecule has 1 amide bonds. The molecular formula is C18H22N2O5S. The largest absolute Gasteiger partial charge is 0.493 e. The second-order valence-corrected chi connectivity index (χ2v) is 6.43. The molecule has 2 aromatic carbocycles. The first kappa shape index (κ1) is 19.6. The van der Waals surface area contributed by atoms with E-state index in [-0.39, 0.29) is 5.91 Å². The fraction of sp³-hybridized carbons (Fsp3) is 0.278. The summed E-state index contributed by atoms with van der Waals surface area (Å²) in [7, 11) is 3.00. The van der Waals surface area contributed by atoms with Crippen LogP contribution in [-0.2, 0) is 15.8 Å². The molecule has 8 heteroatoms. The van der Waals surface area contributed by atoms with E-state index in [0.717, 1.165) is 0 Å². The highest BCUT2D eigenvalue weighted by Gasteiger charge is 2.15. The highest BCUT2D eigenvalue weighted by Crippen LogP contribution is 2.40. The Kier molecular flexibility index (Phi) is 6.85. The Morgan fingerprint density at radius 2 is 1.65 bits per heavy atom. The van der Waals surface area contributed by atoms with E-state index in [4.69, 9.17) is 14.2 Å². The molecule has 0 aliphatic heterocycles. The van der Waals surface area contributed by atoms with Crippen molar-refractivity contribution >= 4 is 28.3 Å². The monoisotopic (exact) mass is 378 g/mol. The molecule has 2 rings (SSSR count). The molecule has 2 aromatic rings. The van der Waals surface area contributed by atoms with Gasteiger partial charge in [0.25, 0.3) is 0 Å². The second kappa shape index (κ2) is 9.10. The van der Waals surface area contributed by atoms with Gasteiger partial charge in [0.05, 0.1) is 31.9 Å². The molecule has 0 aliphatic carbocycles. The average Bonchev–Trinajstić information content (AvgIpc) is 2.67. The number of nitrogens with one attached hydrogen (secondary N) is 2. The van der Waals surface area contributed by atoms with E-state index in [9.17, 15) is 9.00 Å². The number of benzene rings is 2. The third kappa shape index (κ3) is 4.66. The maximum atomic E-state index is 12.6.